The zero-order valence-corrected chi connectivity index (χ0v) is 10.2. The van der Waals surface area contributed by atoms with Gasteiger partial charge in [-0.3, -0.25) is 4.98 Å². The Kier molecular flexibility index (Phi) is 3.15. The summed E-state index contributed by atoms with van der Waals surface area (Å²) in [5, 5.41) is 3.49. The van der Waals surface area contributed by atoms with Crippen LogP contribution in [0.4, 0.5) is 0 Å². The molecule has 2 rings (SSSR count). The topological polar surface area (TPSA) is 34.1 Å². The van der Waals surface area contributed by atoms with Crippen molar-refractivity contribution in [2.24, 2.45) is 5.41 Å². The Morgan fingerprint density at radius 2 is 2.38 bits per heavy atom. The first-order valence-electron chi connectivity index (χ1n) is 5.94. The van der Waals surface area contributed by atoms with Gasteiger partial charge in [0.2, 0.25) is 0 Å². The standard InChI is InChI=1S/C13H20N2O/c1-4-15-11-8-12(13(11,2)3)16-10-6-5-7-14-9-10/h5-7,9,11-12,15H,4,8H2,1-3H3. The molecule has 1 aliphatic carbocycles. The van der Waals surface area contributed by atoms with Crippen LogP contribution in [0.15, 0.2) is 24.5 Å². The second-order valence-electron chi connectivity index (χ2n) is 4.96. The number of nitrogens with zero attached hydrogens (tertiary/aromatic N) is 1. The van der Waals surface area contributed by atoms with E-state index in [1.165, 1.54) is 0 Å². The van der Waals surface area contributed by atoms with Crippen molar-refractivity contribution in [1.82, 2.24) is 10.3 Å². The van der Waals surface area contributed by atoms with Crippen molar-refractivity contribution in [3.63, 3.8) is 0 Å². The average molecular weight is 220 g/mol. The Hall–Kier alpha value is -1.09. The van der Waals surface area contributed by atoms with E-state index in [9.17, 15) is 0 Å². The molecule has 88 valence electrons. The molecule has 1 aromatic rings. The molecule has 16 heavy (non-hydrogen) atoms. The van der Waals surface area contributed by atoms with Crippen molar-refractivity contribution in [3.05, 3.63) is 24.5 Å². The smallest absolute Gasteiger partial charge is 0.138 e. The highest BCUT2D eigenvalue weighted by Gasteiger charge is 2.49. The lowest BCUT2D eigenvalue weighted by Gasteiger charge is -2.51. The molecule has 0 aliphatic heterocycles. The molecule has 1 N–H and O–H groups in total. The lowest BCUT2D eigenvalue weighted by molar-refractivity contribution is -0.0543. The van der Waals surface area contributed by atoms with Gasteiger partial charge in [-0.2, -0.15) is 0 Å². The minimum Gasteiger partial charge on any atom is -0.488 e. The number of pyridine rings is 1. The van der Waals surface area contributed by atoms with Crippen LogP contribution in [0.1, 0.15) is 27.2 Å². The Bertz CT molecular complexity index is 337. The molecule has 1 saturated carbocycles. The molecule has 0 amide bonds. The van der Waals surface area contributed by atoms with Gasteiger partial charge in [-0.15, -0.1) is 0 Å². The molecule has 3 nitrogen and oxygen atoms in total. The highest BCUT2D eigenvalue weighted by atomic mass is 16.5. The van der Waals surface area contributed by atoms with Crippen LogP contribution in [-0.2, 0) is 0 Å². The van der Waals surface area contributed by atoms with Crippen molar-refractivity contribution in [2.75, 3.05) is 6.54 Å². The first-order chi connectivity index (χ1) is 7.64. The Labute approximate surface area is 97.2 Å². The maximum Gasteiger partial charge on any atom is 0.138 e. The van der Waals surface area contributed by atoms with Crippen molar-refractivity contribution in [3.8, 4) is 5.75 Å². The molecular weight excluding hydrogens is 200 g/mol. The SMILES string of the molecule is CCNC1CC(Oc2cccnc2)C1(C)C. The molecular formula is C13H20N2O. The molecule has 0 spiro atoms. The summed E-state index contributed by atoms with van der Waals surface area (Å²) >= 11 is 0. The molecule has 2 unspecified atom stereocenters. The molecule has 2 atom stereocenters. The van der Waals surface area contributed by atoms with Crippen LogP contribution in [0.5, 0.6) is 5.75 Å². The summed E-state index contributed by atoms with van der Waals surface area (Å²) in [5.74, 6) is 0.871. The Balaban J connectivity index is 1.94. The molecule has 0 saturated heterocycles. The second kappa shape index (κ2) is 4.42. The summed E-state index contributed by atoms with van der Waals surface area (Å²) in [7, 11) is 0. The van der Waals surface area contributed by atoms with Gasteiger partial charge in [0.15, 0.2) is 0 Å². The number of nitrogens with one attached hydrogen (secondary N) is 1. The van der Waals surface area contributed by atoms with E-state index in [4.69, 9.17) is 4.74 Å². The number of aromatic nitrogens is 1. The first kappa shape index (κ1) is 11.4. The molecule has 1 aliphatic rings. The first-order valence-corrected chi connectivity index (χ1v) is 5.94. The Morgan fingerprint density at radius 1 is 1.56 bits per heavy atom. The number of hydrogen-bond acceptors (Lipinski definition) is 3. The molecule has 0 bridgehead atoms. The molecule has 0 aromatic carbocycles. The van der Waals surface area contributed by atoms with E-state index in [1.54, 1.807) is 12.4 Å². The van der Waals surface area contributed by atoms with Crippen LogP contribution < -0.4 is 10.1 Å². The van der Waals surface area contributed by atoms with Crippen LogP contribution in [0.3, 0.4) is 0 Å². The van der Waals surface area contributed by atoms with Crippen LogP contribution in [0.25, 0.3) is 0 Å². The zero-order valence-electron chi connectivity index (χ0n) is 10.2. The lowest BCUT2D eigenvalue weighted by Crippen LogP contribution is -2.62. The van der Waals surface area contributed by atoms with Crippen LogP contribution >= 0.6 is 0 Å². The molecule has 1 heterocycles. The number of rotatable bonds is 4. The molecule has 1 aromatic heterocycles. The molecule has 0 radical (unpaired) electrons. The summed E-state index contributed by atoms with van der Waals surface area (Å²) in [6.45, 7) is 7.68. The third-order valence-electron chi connectivity index (χ3n) is 3.54. The van der Waals surface area contributed by atoms with E-state index in [0.29, 0.717) is 12.1 Å². The maximum absolute atomic E-state index is 5.94. The van der Waals surface area contributed by atoms with Gasteiger partial charge in [-0.1, -0.05) is 20.8 Å². The normalized spacial score (nSPS) is 27.2. The van der Waals surface area contributed by atoms with E-state index in [-0.39, 0.29) is 5.41 Å². The van der Waals surface area contributed by atoms with Crippen molar-refractivity contribution < 1.29 is 4.74 Å². The van der Waals surface area contributed by atoms with Gasteiger partial charge in [0.05, 0.1) is 6.20 Å². The third-order valence-corrected chi connectivity index (χ3v) is 3.54. The van der Waals surface area contributed by atoms with Gasteiger partial charge in [-0.05, 0) is 18.7 Å². The van der Waals surface area contributed by atoms with E-state index >= 15 is 0 Å². The summed E-state index contributed by atoms with van der Waals surface area (Å²) in [5.41, 5.74) is 0.200. The lowest BCUT2D eigenvalue weighted by atomic mass is 9.64. The van der Waals surface area contributed by atoms with Crippen LogP contribution in [0, 0.1) is 5.41 Å². The van der Waals surface area contributed by atoms with Gasteiger partial charge >= 0.3 is 0 Å². The van der Waals surface area contributed by atoms with Crippen molar-refractivity contribution in [1.29, 1.82) is 0 Å². The highest BCUT2D eigenvalue weighted by Crippen LogP contribution is 2.42. The summed E-state index contributed by atoms with van der Waals surface area (Å²) in [6.07, 6.45) is 4.91. The maximum atomic E-state index is 5.94. The van der Waals surface area contributed by atoms with Gasteiger partial charge < -0.3 is 10.1 Å². The minimum atomic E-state index is 0.200. The highest BCUT2D eigenvalue weighted by molar-refractivity contribution is 5.18. The number of hydrogen-bond donors (Lipinski definition) is 1. The fraction of sp³-hybridized carbons (Fsp3) is 0.615. The summed E-state index contributed by atoms with van der Waals surface area (Å²) in [6, 6.07) is 4.44. The van der Waals surface area contributed by atoms with Gasteiger partial charge in [-0.25, -0.2) is 0 Å². The fourth-order valence-corrected chi connectivity index (χ4v) is 2.26. The largest absolute Gasteiger partial charge is 0.488 e. The predicted octanol–water partition coefficient (Wildman–Crippen LogP) is 2.24. The monoisotopic (exact) mass is 220 g/mol. The van der Waals surface area contributed by atoms with Crippen LogP contribution in [0.2, 0.25) is 0 Å². The average Bonchev–Trinajstić information content (AvgIpc) is 2.29. The van der Waals surface area contributed by atoms with E-state index in [1.807, 2.05) is 12.1 Å². The summed E-state index contributed by atoms with van der Waals surface area (Å²) in [4.78, 5) is 4.06. The Morgan fingerprint density at radius 3 is 2.94 bits per heavy atom. The molecule has 3 heteroatoms. The predicted molar refractivity (Wildman–Crippen MR) is 64.5 cm³/mol. The second-order valence-corrected chi connectivity index (χ2v) is 4.96. The van der Waals surface area contributed by atoms with E-state index < -0.39 is 0 Å². The van der Waals surface area contributed by atoms with Gasteiger partial charge in [0.25, 0.3) is 0 Å². The fourth-order valence-electron chi connectivity index (χ4n) is 2.26. The van der Waals surface area contributed by atoms with E-state index in [0.717, 1.165) is 18.7 Å². The quantitative estimate of drug-likeness (QED) is 0.845. The minimum absolute atomic E-state index is 0.200. The van der Waals surface area contributed by atoms with Crippen molar-refractivity contribution >= 4 is 0 Å². The van der Waals surface area contributed by atoms with Crippen LogP contribution in [-0.4, -0.2) is 23.7 Å². The summed E-state index contributed by atoms with van der Waals surface area (Å²) < 4.78 is 5.94. The zero-order chi connectivity index (χ0) is 11.6. The third kappa shape index (κ3) is 2.05. The van der Waals surface area contributed by atoms with Crippen molar-refractivity contribution in [2.45, 2.75) is 39.3 Å². The van der Waals surface area contributed by atoms with Gasteiger partial charge in [0.1, 0.15) is 11.9 Å². The molecule has 1 fully saturated rings. The van der Waals surface area contributed by atoms with Gasteiger partial charge in [0, 0.05) is 24.1 Å². The number of ether oxygens (including phenoxy) is 1. The van der Waals surface area contributed by atoms with E-state index in [2.05, 4.69) is 31.1 Å².